The number of hydrogen-bond acceptors (Lipinski definition) is 31. The van der Waals surface area contributed by atoms with Gasteiger partial charge in [-0.1, -0.05) is 40.0 Å². The van der Waals surface area contributed by atoms with Gasteiger partial charge in [0.2, 0.25) is 21.8 Å². The molecule has 0 aromatic carbocycles. The van der Waals surface area contributed by atoms with Crippen molar-refractivity contribution in [2.45, 2.75) is 212 Å². The molecule has 6 fully saturated rings. The number of halogens is 3. The van der Waals surface area contributed by atoms with Crippen LogP contribution in [0.2, 0.25) is 15.9 Å². The van der Waals surface area contributed by atoms with Crippen LogP contribution >= 0.6 is 57.6 Å². The van der Waals surface area contributed by atoms with E-state index in [9.17, 15) is 104 Å². The van der Waals surface area contributed by atoms with Crippen molar-refractivity contribution in [2.75, 3.05) is 39.8 Å². The van der Waals surface area contributed by atoms with E-state index in [0.29, 0.717) is 51.4 Å². The van der Waals surface area contributed by atoms with Gasteiger partial charge in [0, 0.05) is 31.6 Å². The molecule has 6 aromatic heterocycles. The molecule has 0 spiro atoms. The van der Waals surface area contributed by atoms with E-state index in [4.69, 9.17) is 49.0 Å². The predicted molar refractivity (Wildman–Crippen MR) is 384 cm³/mol. The summed E-state index contributed by atoms with van der Waals surface area (Å²) >= 11 is 18.4. The van der Waals surface area contributed by atoms with E-state index in [1.54, 1.807) is 0 Å². The number of nitrogens with one attached hydrogen (secondary N) is 4. The summed E-state index contributed by atoms with van der Waals surface area (Å²) in [6, 6.07) is 0.546. The normalized spacial score (nSPS) is 30.1. The van der Waals surface area contributed by atoms with Gasteiger partial charge < -0.3 is 95.5 Å². The molecule has 0 bridgehead atoms. The van der Waals surface area contributed by atoms with Crippen molar-refractivity contribution in [3.63, 3.8) is 0 Å². The van der Waals surface area contributed by atoms with Gasteiger partial charge in [-0.05, 0) is 112 Å². The first-order valence-corrected chi connectivity index (χ1v) is 44.9. The topological polar surface area (TPSA) is 620 Å². The first-order chi connectivity index (χ1) is 49.6. The van der Waals surface area contributed by atoms with Gasteiger partial charge in [0.15, 0.2) is 79.6 Å². The minimum absolute atomic E-state index is 0.0787. The van der Waals surface area contributed by atoms with E-state index < -0.39 is 170 Å². The molecule has 41 nitrogen and oxygen atoms in total. The summed E-state index contributed by atoms with van der Waals surface area (Å²) < 4.78 is 129. The summed E-state index contributed by atoms with van der Waals surface area (Å²) in [6.07, 6.45) is -4.76. The third kappa shape index (κ3) is 18.2. The second-order valence-electron chi connectivity index (χ2n) is 28.2. The van der Waals surface area contributed by atoms with E-state index >= 15 is 0 Å². The molecule has 3 saturated heterocycles. The number of aliphatic hydroxyl groups is 6. The minimum atomic E-state index is -5.23. The zero-order valence-corrected chi connectivity index (χ0v) is 65.6. The van der Waals surface area contributed by atoms with Crippen LogP contribution in [0.25, 0.3) is 33.1 Å². The highest BCUT2D eigenvalue weighted by Gasteiger charge is 2.55. The predicted octanol–water partition coefficient (Wildman–Crippen LogP) is 1.42. The van der Waals surface area contributed by atoms with Gasteiger partial charge in [-0.15, -0.1) is 0 Å². The fourth-order valence-corrected chi connectivity index (χ4v) is 23.4. The molecule has 3 aliphatic heterocycles. The number of anilines is 3. The van der Waals surface area contributed by atoms with Crippen LogP contribution in [0, 0.1) is 17.8 Å². The molecular weight excluding hydrogens is 1600 g/mol. The summed E-state index contributed by atoms with van der Waals surface area (Å²) in [5.41, 5.74) is 0.571. The Labute approximate surface area is 626 Å². The van der Waals surface area contributed by atoms with E-state index in [2.05, 4.69) is 87.2 Å². The van der Waals surface area contributed by atoms with Crippen LogP contribution in [0.4, 0.5) is 17.5 Å². The molecule has 12 rings (SSSR count). The SMILES string of the molecule is CC(=O)NCC(P(=O)(O)O)S(=O)(=O)C[C@H]1O[C@@H](n2ncc3c(NC4CCCC4C)nc(Cl)nc32)[C@H](O)[C@@H]1O.CC1CCCC1Nc1nc(Cl)nc2c1cnn2[C@@H]1O[C@H](CS(=O)(=O)C(C)(C)P(=O)(O)O)[C@@H](O)[C@H]1O.CC1CCCC1Nc1nc(Cl)nc2c1cnn2[C@@H]1O[C@H](CS(=O)(=O)C(C)P(=O)(O)O)[C@@H](O)[C@H]1O. The van der Waals surface area contributed by atoms with Crippen molar-refractivity contribution in [3.8, 4) is 0 Å². The Kier molecular flexibility index (Phi) is 25.7. The maximum absolute atomic E-state index is 12.9. The number of nitrogens with zero attached hydrogens (tertiary/aromatic N) is 12. The smallest absolute Gasteiger partial charge is 0.346 e. The molecule has 598 valence electrons. The highest BCUT2D eigenvalue weighted by Crippen LogP contribution is 2.54. The van der Waals surface area contributed by atoms with Gasteiger partial charge in [0.1, 0.15) is 72.4 Å². The van der Waals surface area contributed by atoms with Crippen LogP contribution in [-0.4, -0.2) is 262 Å². The largest absolute Gasteiger partial charge is 0.387 e. The number of fused-ring (bicyclic) bond motifs is 3. The molecule has 50 heteroatoms. The van der Waals surface area contributed by atoms with Crippen molar-refractivity contribution in [1.82, 2.24) is 64.6 Å². The maximum Gasteiger partial charge on any atom is 0.346 e. The first-order valence-electron chi connectivity index (χ1n) is 33.7. The zero-order valence-electron chi connectivity index (χ0n) is 58.2. The van der Waals surface area contributed by atoms with Gasteiger partial charge in [0.05, 0.1) is 52.0 Å². The number of carbonyl (C=O) groups excluding carboxylic acids is 1. The Bertz CT molecular complexity index is 4770. The number of carbonyl (C=O) groups is 1. The highest BCUT2D eigenvalue weighted by atomic mass is 35.5. The minimum Gasteiger partial charge on any atom is -0.387 e. The zero-order chi connectivity index (χ0) is 78.9. The standard InChI is InChI=1S/C20H30ClN6O9PS.C19H29ClN5O8PS.C18H27ClN5O8PS/c1-9-4-3-5-12(9)24-17-11-6-23-27(18(11)26-20(21)25-17)19-16(30)15(29)13(36-19)8-38(34,35)14(37(31,32)33)7-22-10(2)28;1-9-5-4-6-11(9)22-15-10-7-21-25(16(10)24-18(20)23-15)17-14(27)13(26)12(33-17)8-35(31,32)19(2,3)34(28,29)30;1-8-4-3-5-11(8)21-15-10-6-20-24(16(10)23-18(19)22-15)17-14(26)13(25)12(32-17)7-34(30,31)9(2)33(27,28)29/h6,9,12-16,19,29-30H,3-5,7-8H2,1-2H3,(H,22,28)(H,24,25,26)(H2,31,32,33);7,9,11-14,17,26-27H,4-6,8H2,1-3H3,(H,22,23,24)(H2,28,29,30);6,8-9,11-14,17,25-26H,3-5,7H2,1-2H3,(H,21,22,23)(H2,27,28,29)/t9?,12?,13-,14?,15-,16-,19-;9?,11?,12-,13-,14-,17-;8?,9?,11?,12-,13-,14-,17-/m111/s1. The molecule has 107 heavy (non-hydrogen) atoms. The number of aliphatic hydroxyl groups excluding tert-OH is 6. The summed E-state index contributed by atoms with van der Waals surface area (Å²) in [4.78, 5) is 88.9. The second kappa shape index (κ2) is 32.4. The van der Waals surface area contributed by atoms with Crippen molar-refractivity contribution in [1.29, 1.82) is 0 Å². The molecule has 20 atom stereocenters. The first kappa shape index (κ1) is 84.8. The monoisotopic (exact) mass is 1690 g/mol. The molecule has 16 N–H and O–H groups in total. The molecule has 3 aliphatic carbocycles. The fraction of sp³-hybridized carbons (Fsp3) is 0.719. The van der Waals surface area contributed by atoms with Crippen molar-refractivity contribution in [3.05, 3.63) is 34.4 Å². The lowest BCUT2D eigenvalue weighted by molar-refractivity contribution is -0.118. The number of sulfone groups is 3. The number of aromatic nitrogens is 12. The van der Waals surface area contributed by atoms with Gasteiger partial charge >= 0.3 is 22.8 Å². The molecule has 8 unspecified atom stereocenters. The lowest BCUT2D eigenvalue weighted by atomic mass is 10.1. The molecule has 9 heterocycles. The third-order valence-electron chi connectivity index (χ3n) is 20.5. The summed E-state index contributed by atoms with van der Waals surface area (Å²) in [7, 11) is -28.7. The van der Waals surface area contributed by atoms with Gasteiger partial charge in [-0.2, -0.15) is 45.2 Å². The lowest BCUT2D eigenvalue weighted by Crippen LogP contribution is -2.42. The third-order valence-corrected chi connectivity index (χ3v) is 35.3. The number of ether oxygens (including phenoxy) is 3. The Morgan fingerprint density at radius 3 is 1.12 bits per heavy atom. The summed E-state index contributed by atoms with van der Waals surface area (Å²) in [5, 5.41) is 89.5. The summed E-state index contributed by atoms with van der Waals surface area (Å²) in [5.74, 6) is -0.934. The van der Waals surface area contributed by atoms with E-state index in [1.807, 2.05) is 0 Å². The van der Waals surface area contributed by atoms with Crippen LogP contribution in [0.1, 0.15) is 125 Å². The molecule has 6 aliphatic rings. The highest BCUT2D eigenvalue weighted by molar-refractivity contribution is 7.99. The second-order valence-corrected chi connectivity index (χ2v) is 43.4. The van der Waals surface area contributed by atoms with Crippen LogP contribution in [0.3, 0.4) is 0 Å². The Morgan fingerprint density at radius 1 is 0.523 bits per heavy atom. The van der Waals surface area contributed by atoms with Crippen LogP contribution in [0.5, 0.6) is 0 Å². The molecule has 6 aromatic rings. The van der Waals surface area contributed by atoms with E-state index in [-0.39, 0.29) is 50.9 Å². The number of hydrogen-bond donors (Lipinski definition) is 16. The Hall–Kier alpha value is -4.67. The van der Waals surface area contributed by atoms with Crippen molar-refractivity contribution in [2.24, 2.45) is 17.8 Å². The van der Waals surface area contributed by atoms with Crippen LogP contribution in [-0.2, 0) is 62.2 Å². The Morgan fingerprint density at radius 2 is 0.841 bits per heavy atom. The molecule has 0 radical (unpaired) electrons. The molecule has 3 saturated carbocycles. The average Bonchev–Trinajstić information content (AvgIpc) is 1.65. The quantitative estimate of drug-likeness (QED) is 0.0319. The molecule has 1 amide bonds. The van der Waals surface area contributed by atoms with Gasteiger partial charge in [-0.25, -0.2) is 39.3 Å². The van der Waals surface area contributed by atoms with E-state index in [0.717, 1.165) is 90.2 Å². The summed E-state index contributed by atoms with van der Waals surface area (Å²) in [6.45, 7) is 9.31. The number of rotatable bonds is 23. The van der Waals surface area contributed by atoms with Crippen LogP contribution in [0.15, 0.2) is 18.6 Å². The fourth-order valence-electron chi connectivity index (χ4n) is 13.6. The van der Waals surface area contributed by atoms with Gasteiger partial charge in [-0.3, -0.25) is 18.5 Å². The van der Waals surface area contributed by atoms with Gasteiger partial charge in [0.25, 0.3) is 0 Å². The molecular formula is C57H86Cl3N16O25P3S3. The maximum atomic E-state index is 12.9. The van der Waals surface area contributed by atoms with Crippen LogP contribution < -0.4 is 21.3 Å². The number of amides is 1. The Balaban J connectivity index is 0.000000172. The lowest BCUT2D eigenvalue weighted by Gasteiger charge is -2.27. The van der Waals surface area contributed by atoms with Crippen molar-refractivity contribution >= 4 is 144 Å². The van der Waals surface area contributed by atoms with Crippen molar-refractivity contribution < 1.29 is 118 Å². The average molecular weight is 1690 g/mol. The van der Waals surface area contributed by atoms with E-state index in [1.165, 1.54) is 28.0 Å².